The molecular formula is C15H15ClFNO2. The fourth-order valence-electron chi connectivity index (χ4n) is 1.75. The van der Waals surface area contributed by atoms with Gasteiger partial charge >= 0.3 is 0 Å². The van der Waals surface area contributed by atoms with Crippen LogP contribution in [0.15, 0.2) is 36.4 Å². The molecule has 0 saturated carbocycles. The fourth-order valence-corrected chi connectivity index (χ4v) is 2.01. The predicted molar refractivity (Wildman–Crippen MR) is 76.6 cm³/mol. The third-order valence-corrected chi connectivity index (χ3v) is 3.14. The van der Waals surface area contributed by atoms with E-state index in [2.05, 4.69) is 0 Å². The molecule has 0 fully saturated rings. The van der Waals surface area contributed by atoms with Gasteiger partial charge < -0.3 is 15.2 Å². The van der Waals surface area contributed by atoms with Crippen LogP contribution in [0.1, 0.15) is 11.1 Å². The van der Waals surface area contributed by atoms with E-state index in [0.29, 0.717) is 22.9 Å². The van der Waals surface area contributed by atoms with Gasteiger partial charge in [0.25, 0.3) is 0 Å². The molecule has 0 saturated heterocycles. The van der Waals surface area contributed by atoms with Crippen LogP contribution in [0, 0.1) is 5.82 Å². The Balaban J connectivity index is 2.07. The van der Waals surface area contributed by atoms with Crippen molar-refractivity contribution < 1.29 is 13.9 Å². The highest BCUT2D eigenvalue weighted by molar-refractivity contribution is 6.32. The average Bonchev–Trinajstić information content (AvgIpc) is 2.46. The summed E-state index contributed by atoms with van der Waals surface area (Å²) in [5.74, 6) is 0.331. The molecule has 0 atom stereocenters. The summed E-state index contributed by atoms with van der Waals surface area (Å²) in [5, 5.41) is 0.488. The van der Waals surface area contributed by atoms with Gasteiger partial charge in [-0.15, -0.1) is 0 Å². The highest BCUT2D eigenvalue weighted by atomic mass is 35.5. The Labute approximate surface area is 122 Å². The van der Waals surface area contributed by atoms with Gasteiger partial charge in [-0.3, -0.25) is 0 Å². The lowest BCUT2D eigenvalue weighted by molar-refractivity contribution is 0.305. The van der Waals surface area contributed by atoms with Crippen LogP contribution in [0.4, 0.5) is 4.39 Å². The Bertz CT molecular complexity index is 604. The van der Waals surface area contributed by atoms with E-state index in [1.165, 1.54) is 13.2 Å². The molecule has 2 aromatic carbocycles. The summed E-state index contributed by atoms with van der Waals surface area (Å²) in [6, 6.07) is 10.0. The van der Waals surface area contributed by atoms with Crippen molar-refractivity contribution in [3.05, 3.63) is 58.4 Å². The zero-order chi connectivity index (χ0) is 14.5. The Morgan fingerprint density at radius 2 is 1.80 bits per heavy atom. The zero-order valence-electron chi connectivity index (χ0n) is 11.0. The molecule has 2 rings (SSSR count). The lowest BCUT2D eigenvalue weighted by atomic mass is 10.2. The molecule has 0 aliphatic heterocycles. The highest BCUT2D eigenvalue weighted by Gasteiger charge is 2.06. The van der Waals surface area contributed by atoms with Crippen molar-refractivity contribution in [3.63, 3.8) is 0 Å². The van der Waals surface area contributed by atoms with Crippen LogP contribution in [0.25, 0.3) is 0 Å². The number of rotatable bonds is 5. The molecule has 3 nitrogen and oxygen atoms in total. The molecule has 0 radical (unpaired) electrons. The smallest absolute Gasteiger partial charge is 0.165 e. The van der Waals surface area contributed by atoms with Crippen molar-refractivity contribution in [2.75, 3.05) is 7.11 Å². The molecule has 0 aromatic heterocycles. The summed E-state index contributed by atoms with van der Waals surface area (Å²) < 4.78 is 24.0. The summed E-state index contributed by atoms with van der Waals surface area (Å²) in [5.41, 5.74) is 7.15. The van der Waals surface area contributed by atoms with E-state index in [1.807, 2.05) is 6.07 Å². The quantitative estimate of drug-likeness (QED) is 0.918. The van der Waals surface area contributed by atoms with Crippen molar-refractivity contribution in [2.24, 2.45) is 5.73 Å². The van der Waals surface area contributed by atoms with Crippen LogP contribution in [-0.2, 0) is 13.2 Å². The van der Waals surface area contributed by atoms with Gasteiger partial charge in [0, 0.05) is 6.54 Å². The van der Waals surface area contributed by atoms with Gasteiger partial charge in [-0.05, 0) is 35.4 Å². The van der Waals surface area contributed by atoms with Gasteiger partial charge in [0.2, 0.25) is 0 Å². The molecule has 0 bridgehead atoms. The third-order valence-electron chi connectivity index (χ3n) is 2.84. The van der Waals surface area contributed by atoms with Crippen molar-refractivity contribution in [3.8, 4) is 11.5 Å². The maximum absolute atomic E-state index is 13.5. The molecule has 0 amide bonds. The standard InChI is InChI=1S/C15H15ClFNO2/c1-19-15-5-3-11(7-13(15)17)9-20-14-4-2-10(8-18)6-12(14)16/h2-7H,8-9,18H2,1H3. The summed E-state index contributed by atoms with van der Waals surface area (Å²) >= 11 is 6.08. The number of ether oxygens (including phenoxy) is 2. The highest BCUT2D eigenvalue weighted by Crippen LogP contribution is 2.26. The fraction of sp³-hybridized carbons (Fsp3) is 0.200. The topological polar surface area (TPSA) is 44.5 Å². The predicted octanol–water partition coefficient (Wildman–Crippen LogP) is 3.53. The first-order valence-corrected chi connectivity index (χ1v) is 6.45. The zero-order valence-corrected chi connectivity index (χ0v) is 11.8. The number of hydrogen-bond donors (Lipinski definition) is 1. The van der Waals surface area contributed by atoms with E-state index < -0.39 is 5.82 Å². The van der Waals surface area contributed by atoms with Gasteiger partial charge in [0.15, 0.2) is 11.6 Å². The molecule has 0 heterocycles. The first-order chi connectivity index (χ1) is 9.63. The minimum absolute atomic E-state index is 0.207. The first-order valence-electron chi connectivity index (χ1n) is 6.07. The molecule has 0 aliphatic rings. The maximum Gasteiger partial charge on any atom is 0.165 e. The molecular weight excluding hydrogens is 281 g/mol. The third kappa shape index (κ3) is 3.40. The van der Waals surface area contributed by atoms with E-state index in [0.717, 1.165) is 5.56 Å². The normalized spacial score (nSPS) is 10.4. The second-order valence-electron chi connectivity index (χ2n) is 4.23. The minimum Gasteiger partial charge on any atom is -0.494 e. The van der Waals surface area contributed by atoms with Crippen molar-refractivity contribution in [2.45, 2.75) is 13.2 Å². The van der Waals surface area contributed by atoms with Gasteiger partial charge in [-0.2, -0.15) is 0 Å². The van der Waals surface area contributed by atoms with Crippen LogP contribution in [0.5, 0.6) is 11.5 Å². The van der Waals surface area contributed by atoms with Crippen LogP contribution >= 0.6 is 11.6 Å². The van der Waals surface area contributed by atoms with Gasteiger partial charge in [0.05, 0.1) is 12.1 Å². The summed E-state index contributed by atoms with van der Waals surface area (Å²) in [6.07, 6.45) is 0. The summed E-state index contributed by atoms with van der Waals surface area (Å²) in [6.45, 7) is 0.645. The van der Waals surface area contributed by atoms with Crippen LogP contribution in [0.3, 0.4) is 0 Å². The monoisotopic (exact) mass is 295 g/mol. The summed E-state index contributed by atoms with van der Waals surface area (Å²) in [4.78, 5) is 0. The molecule has 5 heteroatoms. The van der Waals surface area contributed by atoms with Gasteiger partial charge in [0.1, 0.15) is 12.4 Å². The molecule has 106 valence electrons. The number of hydrogen-bond acceptors (Lipinski definition) is 3. The second kappa shape index (κ2) is 6.59. The van der Waals surface area contributed by atoms with Crippen molar-refractivity contribution in [1.29, 1.82) is 0 Å². The maximum atomic E-state index is 13.5. The molecule has 20 heavy (non-hydrogen) atoms. The molecule has 0 unspecified atom stereocenters. The van der Waals surface area contributed by atoms with E-state index in [9.17, 15) is 4.39 Å². The van der Waals surface area contributed by atoms with Crippen molar-refractivity contribution in [1.82, 2.24) is 0 Å². The SMILES string of the molecule is COc1ccc(COc2ccc(CN)cc2Cl)cc1F. The number of halogens is 2. The van der Waals surface area contributed by atoms with Crippen LogP contribution in [0.2, 0.25) is 5.02 Å². The van der Waals surface area contributed by atoms with E-state index in [-0.39, 0.29) is 12.4 Å². The van der Waals surface area contributed by atoms with Crippen LogP contribution < -0.4 is 15.2 Å². The molecule has 2 N–H and O–H groups in total. The average molecular weight is 296 g/mol. The lowest BCUT2D eigenvalue weighted by Crippen LogP contribution is -1.99. The van der Waals surface area contributed by atoms with E-state index >= 15 is 0 Å². The Morgan fingerprint density at radius 3 is 2.40 bits per heavy atom. The van der Waals surface area contributed by atoms with Crippen molar-refractivity contribution >= 4 is 11.6 Å². The number of methoxy groups -OCH3 is 1. The van der Waals surface area contributed by atoms with Gasteiger partial charge in [-0.25, -0.2) is 4.39 Å². The van der Waals surface area contributed by atoms with Crippen LogP contribution in [-0.4, -0.2) is 7.11 Å². The van der Waals surface area contributed by atoms with E-state index in [4.69, 9.17) is 26.8 Å². The molecule has 0 spiro atoms. The second-order valence-corrected chi connectivity index (χ2v) is 4.63. The molecule has 0 aliphatic carbocycles. The van der Waals surface area contributed by atoms with E-state index in [1.54, 1.807) is 24.3 Å². The number of nitrogens with two attached hydrogens (primary N) is 1. The Hall–Kier alpha value is -1.78. The largest absolute Gasteiger partial charge is 0.494 e. The Kier molecular flexibility index (Phi) is 4.82. The van der Waals surface area contributed by atoms with Gasteiger partial charge in [-0.1, -0.05) is 23.7 Å². The number of benzene rings is 2. The Morgan fingerprint density at radius 1 is 1.10 bits per heavy atom. The minimum atomic E-state index is -0.418. The first kappa shape index (κ1) is 14.6. The summed E-state index contributed by atoms with van der Waals surface area (Å²) in [7, 11) is 1.42. The lowest BCUT2D eigenvalue weighted by Gasteiger charge is -2.10. The molecule has 2 aromatic rings.